The molecular weight excluding hydrogens is 258 g/mol. The van der Waals surface area contributed by atoms with Gasteiger partial charge in [-0.15, -0.1) is 0 Å². The van der Waals surface area contributed by atoms with E-state index < -0.39 is 0 Å². The quantitative estimate of drug-likeness (QED) is 0.902. The first-order valence-electron chi connectivity index (χ1n) is 6.14. The molecule has 1 aromatic heterocycles. The molecule has 20 heavy (non-hydrogen) atoms. The molecule has 0 saturated carbocycles. The number of anilines is 1. The van der Waals surface area contributed by atoms with Gasteiger partial charge >= 0.3 is 0 Å². The number of nitrogen functional groups attached to an aromatic ring is 1. The van der Waals surface area contributed by atoms with Crippen LogP contribution in [0, 0.1) is 0 Å². The number of nitrogens with two attached hydrogens (primary N) is 1. The predicted octanol–water partition coefficient (Wildman–Crippen LogP) is 1.83. The molecule has 1 heterocycles. The van der Waals surface area contributed by atoms with E-state index in [1.807, 2.05) is 18.2 Å². The molecule has 2 rings (SSSR count). The van der Waals surface area contributed by atoms with E-state index in [1.165, 1.54) is 0 Å². The summed E-state index contributed by atoms with van der Waals surface area (Å²) >= 11 is 0. The Labute approximate surface area is 118 Å². The summed E-state index contributed by atoms with van der Waals surface area (Å²) in [7, 11) is 6.66. The van der Waals surface area contributed by atoms with Gasteiger partial charge in [0.2, 0.25) is 0 Å². The molecule has 2 N–H and O–H groups in total. The summed E-state index contributed by atoms with van der Waals surface area (Å²) in [4.78, 5) is 0. The number of rotatable bonds is 5. The van der Waals surface area contributed by atoms with Crippen LogP contribution in [0.3, 0.4) is 0 Å². The molecule has 1 aromatic carbocycles. The largest absolute Gasteiger partial charge is 0.496 e. The zero-order valence-corrected chi connectivity index (χ0v) is 12.1. The highest BCUT2D eigenvalue weighted by Crippen LogP contribution is 2.35. The summed E-state index contributed by atoms with van der Waals surface area (Å²) in [5.74, 6) is 2.00. The van der Waals surface area contributed by atoms with Crippen LogP contribution < -0.4 is 15.2 Å². The molecule has 0 aliphatic heterocycles. The van der Waals surface area contributed by atoms with Crippen molar-refractivity contribution in [1.29, 1.82) is 0 Å². The maximum Gasteiger partial charge on any atom is 0.128 e. The van der Waals surface area contributed by atoms with E-state index in [0.29, 0.717) is 23.9 Å². The summed E-state index contributed by atoms with van der Waals surface area (Å²) in [5.41, 5.74) is 8.33. The number of aromatic nitrogens is 2. The minimum absolute atomic E-state index is 0.414. The molecule has 0 saturated heterocycles. The van der Waals surface area contributed by atoms with Crippen molar-refractivity contribution in [2.45, 2.75) is 6.61 Å². The van der Waals surface area contributed by atoms with Gasteiger partial charge in [0.05, 0.1) is 32.1 Å². The third kappa shape index (κ3) is 2.55. The molecule has 0 amide bonds. The Morgan fingerprint density at radius 1 is 1.10 bits per heavy atom. The van der Waals surface area contributed by atoms with Crippen LogP contribution in [0.5, 0.6) is 11.5 Å². The summed E-state index contributed by atoms with van der Waals surface area (Å²) in [6.45, 7) is 0.414. The van der Waals surface area contributed by atoms with E-state index in [-0.39, 0.29) is 0 Å². The van der Waals surface area contributed by atoms with Crippen molar-refractivity contribution >= 4 is 5.82 Å². The molecule has 0 atom stereocenters. The maximum absolute atomic E-state index is 5.81. The number of hydrogen-bond acceptors (Lipinski definition) is 5. The summed E-state index contributed by atoms with van der Waals surface area (Å²) < 4.78 is 17.6. The van der Waals surface area contributed by atoms with Crippen LogP contribution in [0.15, 0.2) is 18.2 Å². The average Bonchev–Trinajstić information content (AvgIpc) is 2.79. The lowest BCUT2D eigenvalue weighted by atomic mass is 10.1. The minimum Gasteiger partial charge on any atom is -0.496 e. The lowest BCUT2D eigenvalue weighted by Gasteiger charge is -2.14. The molecule has 0 radical (unpaired) electrons. The smallest absolute Gasteiger partial charge is 0.128 e. The monoisotopic (exact) mass is 277 g/mol. The fourth-order valence-corrected chi connectivity index (χ4v) is 2.04. The highest BCUT2D eigenvalue weighted by molar-refractivity contribution is 5.68. The van der Waals surface area contributed by atoms with Crippen molar-refractivity contribution in [3.8, 4) is 22.8 Å². The Morgan fingerprint density at radius 3 is 2.10 bits per heavy atom. The molecule has 0 bridgehead atoms. The Bertz CT molecular complexity index is 563. The number of methoxy groups -OCH3 is 3. The van der Waals surface area contributed by atoms with Crippen molar-refractivity contribution in [3.63, 3.8) is 0 Å². The van der Waals surface area contributed by atoms with Gasteiger partial charge in [-0.25, -0.2) is 0 Å². The molecule has 0 aliphatic carbocycles. The zero-order chi connectivity index (χ0) is 14.7. The summed E-state index contributed by atoms with van der Waals surface area (Å²) in [6, 6.07) is 5.61. The van der Waals surface area contributed by atoms with Crippen molar-refractivity contribution in [2.75, 3.05) is 27.1 Å². The third-order valence-corrected chi connectivity index (χ3v) is 3.11. The highest BCUT2D eigenvalue weighted by Gasteiger charge is 2.15. The van der Waals surface area contributed by atoms with Gasteiger partial charge in [0.1, 0.15) is 17.3 Å². The lowest BCUT2D eigenvalue weighted by Crippen LogP contribution is -1.99. The first-order chi connectivity index (χ1) is 9.60. The fraction of sp³-hybridized carbons (Fsp3) is 0.357. The third-order valence-electron chi connectivity index (χ3n) is 3.11. The molecule has 108 valence electrons. The number of aryl methyl sites for hydroxylation is 1. The second kappa shape index (κ2) is 5.83. The molecule has 0 spiro atoms. The molecule has 6 heteroatoms. The van der Waals surface area contributed by atoms with Gasteiger partial charge in [0.25, 0.3) is 0 Å². The minimum atomic E-state index is 0.414. The molecule has 0 unspecified atom stereocenters. The molecule has 6 nitrogen and oxygen atoms in total. The topological polar surface area (TPSA) is 71.5 Å². The van der Waals surface area contributed by atoms with Gasteiger partial charge in [0, 0.05) is 25.8 Å². The van der Waals surface area contributed by atoms with Crippen LogP contribution in [-0.4, -0.2) is 31.1 Å². The van der Waals surface area contributed by atoms with E-state index in [1.54, 1.807) is 33.1 Å². The van der Waals surface area contributed by atoms with E-state index >= 15 is 0 Å². The Morgan fingerprint density at radius 2 is 1.70 bits per heavy atom. The Balaban J connectivity index is 2.55. The van der Waals surface area contributed by atoms with Crippen LogP contribution in [-0.2, 0) is 18.4 Å². The van der Waals surface area contributed by atoms with Gasteiger partial charge in [-0.1, -0.05) is 0 Å². The number of ether oxygens (including phenoxy) is 3. The second-order valence-corrected chi connectivity index (χ2v) is 4.37. The van der Waals surface area contributed by atoms with E-state index in [2.05, 4.69) is 5.10 Å². The molecule has 0 aliphatic rings. The van der Waals surface area contributed by atoms with Crippen LogP contribution in [0.25, 0.3) is 11.3 Å². The Hall–Kier alpha value is -2.21. The Kier molecular flexibility index (Phi) is 4.14. The van der Waals surface area contributed by atoms with Gasteiger partial charge in [-0.2, -0.15) is 5.10 Å². The van der Waals surface area contributed by atoms with Crippen molar-refractivity contribution < 1.29 is 14.2 Å². The number of benzene rings is 1. The predicted molar refractivity (Wildman–Crippen MR) is 76.9 cm³/mol. The summed E-state index contributed by atoms with van der Waals surface area (Å²) in [6.07, 6.45) is 0. The van der Waals surface area contributed by atoms with Crippen molar-refractivity contribution in [1.82, 2.24) is 9.78 Å². The van der Waals surface area contributed by atoms with Gasteiger partial charge in [0.15, 0.2) is 0 Å². The number of hydrogen-bond donors (Lipinski definition) is 1. The SMILES string of the molecule is COCc1c(OC)cc(-c2cc(N)n(C)n2)cc1OC. The van der Waals surface area contributed by atoms with E-state index in [4.69, 9.17) is 19.9 Å². The van der Waals surface area contributed by atoms with Gasteiger partial charge in [-0.05, 0) is 12.1 Å². The lowest BCUT2D eigenvalue weighted by molar-refractivity contribution is 0.178. The molecule has 2 aromatic rings. The van der Waals surface area contributed by atoms with E-state index in [9.17, 15) is 0 Å². The van der Waals surface area contributed by atoms with Crippen LogP contribution in [0.1, 0.15) is 5.56 Å². The standard InChI is InChI=1S/C14H19N3O3/c1-17-14(15)7-11(16-17)9-5-12(19-3)10(8-18-2)13(6-9)20-4/h5-7H,8,15H2,1-4H3. The molecular formula is C14H19N3O3. The molecule has 0 fully saturated rings. The zero-order valence-electron chi connectivity index (χ0n) is 12.1. The first-order valence-corrected chi connectivity index (χ1v) is 6.14. The van der Waals surface area contributed by atoms with Crippen LogP contribution in [0.2, 0.25) is 0 Å². The van der Waals surface area contributed by atoms with Crippen molar-refractivity contribution in [2.24, 2.45) is 7.05 Å². The van der Waals surface area contributed by atoms with Crippen molar-refractivity contribution in [3.05, 3.63) is 23.8 Å². The summed E-state index contributed by atoms with van der Waals surface area (Å²) in [5, 5.41) is 4.36. The fourth-order valence-electron chi connectivity index (χ4n) is 2.04. The van der Waals surface area contributed by atoms with E-state index in [0.717, 1.165) is 16.8 Å². The second-order valence-electron chi connectivity index (χ2n) is 4.37. The van der Waals surface area contributed by atoms with Crippen LogP contribution >= 0.6 is 0 Å². The van der Waals surface area contributed by atoms with Gasteiger partial charge in [-0.3, -0.25) is 4.68 Å². The normalized spacial score (nSPS) is 10.6. The average molecular weight is 277 g/mol. The first kappa shape index (κ1) is 14.2. The highest BCUT2D eigenvalue weighted by atomic mass is 16.5. The van der Waals surface area contributed by atoms with Gasteiger partial charge < -0.3 is 19.9 Å². The maximum atomic E-state index is 5.81. The number of nitrogens with zero attached hydrogens (tertiary/aromatic N) is 2. The van der Waals surface area contributed by atoms with Crippen LogP contribution in [0.4, 0.5) is 5.82 Å².